The molecule has 22 heavy (non-hydrogen) atoms. The number of rotatable bonds is 4. The molecule has 2 amide bonds. The highest BCUT2D eigenvalue weighted by atomic mass is 16.2. The topological polar surface area (TPSA) is 75.4 Å². The minimum absolute atomic E-state index is 0.0493. The third-order valence-corrected chi connectivity index (χ3v) is 5.28. The van der Waals surface area contributed by atoms with Gasteiger partial charge in [-0.15, -0.1) is 0 Å². The van der Waals surface area contributed by atoms with Crippen molar-refractivity contribution in [3.05, 3.63) is 0 Å². The summed E-state index contributed by atoms with van der Waals surface area (Å²) in [4.78, 5) is 26.7. The van der Waals surface area contributed by atoms with E-state index in [0.29, 0.717) is 13.1 Å². The number of amides is 2. The third kappa shape index (κ3) is 4.00. The molecule has 2 atom stereocenters. The van der Waals surface area contributed by atoms with Crippen LogP contribution in [0.3, 0.4) is 0 Å². The van der Waals surface area contributed by atoms with E-state index < -0.39 is 0 Å². The molecule has 5 nitrogen and oxygen atoms in total. The van der Waals surface area contributed by atoms with Gasteiger partial charge in [0.25, 0.3) is 0 Å². The number of hydrogen-bond acceptors (Lipinski definition) is 3. The van der Waals surface area contributed by atoms with Crippen LogP contribution in [-0.2, 0) is 9.59 Å². The fourth-order valence-electron chi connectivity index (χ4n) is 3.74. The van der Waals surface area contributed by atoms with Crippen LogP contribution in [0.25, 0.3) is 0 Å². The summed E-state index contributed by atoms with van der Waals surface area (Å²) in [6.45, 7) is 6.19. The van der Waals surface area contributed by atoms with Gasteiger partial charge in [-0.3, -0.25) is 9.59 Å². The summed E-state index contributed by atoms with van der Waals surface area (Å²) in [5.41, 5.74) is 5.98. The van der Waals surface area contributed by atoms with Gasteiger partial charge in [-0.25, -0.2) is 0 Å². The molecule has 2 aliphatic rings. The van der Waals surface area contributed by atoms with Gasteiger partial charge >= 0.3 is 0 Å². The number of carbonyl (C=O) groups is 2. The number of hydrogen-bond donors (Lipinski definition) is 2. The molecule has 1 heterocycles. The van der Waals surface area contributed by atoms with Gasteiger partial charge < -0.3 is 16.0 Å². The maximum Gasteiger partial charge on any atom is 0.227 e. The van der Waals surface area contributed by atoms with Crippen LogP contribution in [0, 0.1) is 11.8 Å². The molecule has 1 aliphatic heterocycles. The molecule has 2 rings (SSSR count). The lowest BCUT2D eigenvalue weighted by molar-refractivity contribution is -0.142. The van der Waals surface area contributed by atoms with Crippen LogP contribution in [0.2, 0.25) is 0 Å². The first-order valence-corrected chi connectivity index (χ1v) is 8.81. The van der Waals surface area contributed by atoms with E-state index in [-0.39, 0.29) is 29.2 Å². The largest absolute Gasteiger partial charge is 0.356 e. The Bertz CT molecular complexity index is 401. The molecule has 3 N–H and O–H groups in total. The molecule has 0 spiro atoms. The fraction of sp³-hybridized carbons (Fsp3) is 0.882. The average molecular weight is 309 g/mol. The molecule has 126 valence electrons. The maximum atomic E-state index is 12.8. The number of piperidine rings is 1. The lowest BCUT2D eigenvalue weighted by Gasteiger charge is -2.41. The molecule has 0 aromatic carbocycles. The van der Waals surface area contributed by atoms with Crippen molar-refractivity contribution in [3.63, 3.8) is 0 Å². The number of carbonyl (C=O) groups excluding carboxylic acids is 2. The van der Waals surface area contributed by atoms with Crippen LogP contribution in [0.5, 0.6) is 0 Å². The van der Waals surface area contributed by atoms with Crippen LogP contribution in [-0.4, -0.2) is 41.9 Å². The minimum atomic E-state index is -0.370. The zero-order chi connectivity index (χ0) is 16.2. The van der Waals surface area contributed by atoms with E-state index in [9.17, 15) is 9.59 Å². The quantitative estimate of drug-likeness (QED) is 0.829. The van der Waals surface area contributed by atoms with E-state index in [2.05, 4.69) is 12.2 Å². The normalized spacial score (nSPS) is 30.1. The second-order valence-electron chi connectivity index (χ2n) is 7.19. The Morgan fingerprint density at radius 3 is 2.50 bits per heavy atom. The summed E-state index contributed by atoms with van der Waals surface area (Å²) in [5, 5.41) is 2.96. The SMILES string of the molecule is CCCNC(=O)C1CCN(C(=O)C2CCCCC2(C)N)CC1. The van der Waals surface area contributed by atoms with Gasteiger partial charge in [-0.2, -0.15) is 0 Å². The summed E-state index contributed by atoms with van der Waals surface area (Å²) >= 11 is 0. The molecule has 5 heteroatoms. The summed E-state index contributed by atoms with van der Waals surface area (Å²) in [6.07, 6.45) is 6.56. The van der Waals surface area contributed by atoms with Gasteiger partial charge in [0.2, 0.25) is 11.8 Å². The zero-order valence-corrected chi connectivity index (χ0v) is 14.1. The van der Waals surface area contributed by atoms with Gasteiger partial charge in [-0.1, -0.05) is 19.8 Å². The van der Waals surface area contributed by atoms with Crippen molar-refractivity contribution in [2.45, 2.75) is 64.3 Å². The smallest absolute Gasteiger partial charge is 0.227 e. The molecule has 0 aromatic heterocycles. The second-order valence-corrected chi connectivity index (χ2v) is 7.19. The average Bonchev–Trinajstić information content (AvgIpc) is 2.51. The summed E-state index contributed by atoms with van der Waals surface area (Å²) in [7, 11) is 0. The molecule has 1 saturated heterocycles. The number of nitrogens with zero attached hydrogens (tertiary/aromatic N) is 1. The Kier molecular flexibility index (Phi) is 5.84. The van der Waals surface area contributed by atoms with Crippen molar-refractivity contribution in [2.75, 3.05) is 19.6 Å². The van der Waals surface area contributed by atoms with Gasteiger partial charge in [0.1, 0.15) is 0 Å². The first kappa shape index (κ1) is 17.3. The second kappa shape index (κ2) is 7.44. The predicted molar refractivity (Wildman–Crippen MR) is 87.2 cm³/mol. The van der Waals surface area contributed by atoms with Gasteiger partial charge in [0.05, 0.1) is 5.92 Å². The third-order valence-electron chi connectivity index (χ3n) is 5.28. The highest BCUT2D eigenvalue weighted by Gasteiger charge is 2.40. The molecule has 2 fully saturated rings. The number of nitrogens with two attached hydrogens (primary N) is 1. The van der Waals surface area contributed by atoms with Crippen molar-refractivity contribution in [1.29, 1.82) is 0 Å². The van der Waals surface area contributed by atoms with Crippen LogP contribution in [0.1, 0.15) is 58.8 Å². The Morgan fingerprint density at radius 1 is 1.23 bits per heavy atom. The summed E-state index contributed by atoms with van der Waals surface area (Å²) < 4.78 is 0. The van der Waals surface area contributed by atoms with Crippen molar-refractivity contribution < 1.29 is 9.59 Å². The molecule has 0 bridgehead atoms. The van der Waals surface area contributed by atoms with Crippen molar-refractivity contribution in [3.8, 4) is 0 Å². The van der Waals surface area contributed by atoms with Gasteiger partial charge in [0, 0.05) is 31.1 Å². The Morgan fingerprint density at radius 2 is 1.91 bits per heavy atom. The van der Waals surface area contributed by atoms with E-state index >= 15 is 0 Å². The number of nitrogens with one attached hydrogen (secondary N) is 1. The van der Waals surface area contributed by atoms with Gasteiger partial charge in [-0.05, 0) is 39.0 Å². The molecule has 0 aromatic rings. The zero-order valence-electron chi connectivity index (χ0n) is 14.1. The van der Waals surface area contributed by atoms with E-state index in [1.807, 2.05) is 11.8 Å². The predicted octanol–water partition coefficient (Wildman–Crippen LogP) is 1.66. The molecule has 1 saturated carbocycles. The minimum Gasteiger partial charge on any atom is -0.356 e. The molecule has 0 radical (unpaired) electrons. The van der Waals surface area contributed by atoms with E-state index in [4.69, 9.17) is 5.73 Å². The first-order valence-electron chi connectivity index (χ1n) is 8.81. The molecular weight excluding hydrogens is 278 g/mol. The lowest BCUT2D eigenvalue weighted by atomic mass is 9.73. The molecule has 2 unspecified atom stereocenters. The van der Waals surface area contributed by atoms with E-state index in [0.717, 1.165) is 51.5 Å². The Balaban J connectivity index is 1.85. The van der Waals surface area contributed by atoms with E-state index in [1.54, 1.807) is 0 Å². The fourth-order valence-corrected chi connectivity index (χ4v) is 3.74. The van der Waals surface area contributed by atoms with Crippen LogP contribution >= 0.6 is 0 Å². The van der Waals surface area contributed by atoms with Crippen molar-refractivity contribution in [2.24, 2.45) is 17.6 Å². The van der Waals surface area contributed by atoms with Gasteiger partial charge in [0.15, 0.2) is 0 Å². The van der Waals surface area contributed by atoms with Crippen LogP contribution in [0.15, 0.2) is 0 Å². The highest BCUT2D eigenvalue weighted by Crippen LogP contribution is 2.33. The molecule has 1 aliphatic carbocycles. The highest BCUT2D eigenvalue weighted by molar-refractivity contribution is 5.82. The van der Waals surface area contributed by atoms with Crippen molar-refractivity contribution in [1.82, 2.24) is 10.2 Å². The monoisotopic (exact) mass is 309 g/mol. The first-order chi connectivity index (χ1) is 10.5. The van der Waals surface area contributed by atoms with Crippen molar-refractivity contribution >= 4 is 11.8 Å². The Labute approximate surface area is 134 Å². The van der Waals surface area contributed by atoms with E-state index in [1.165, 1.54) is 0 Å². The summed E-state index contributed by atoms with van der Waals surface area (Å²) in [5.74, 6) is 0.366. The standard InChI is InChI=1S/C17H31N3O2/c1-3-10-19-15(21)13-7-11-20(12-8-13)16(22)14-6-4-5-9-17(14,2)18/h13-14H,3-12,18H2,1-2H3,(H,19,21). The lowest BCUT2D eigenvalue weighted by Crippen LogP contribution is -2.55. The number of likely N-dealkylation sites (tertiary alicyclic amines) is 1. The summed E-state index contributed by atoms with van der Waals surface area (Å²) in [6, 6.07) is 0. The maximum absolute atomic E-state index is 12.8. The molecular formula is C17H31N3O2. The van der Waals surface area contributed by atoms with Crippen LogP contribution in [0.4, 0.5) is 0 Å². The van der Waals surface area contributed by atoms with Crippen LogP contribution < -0.4 is 11.1 Å². The Hall–Kier alpha value is -1.10.